The molecule has 0 saturated heterocycles. The van der Waals surface area contributed by atoms with Gasteiger partial charge in [-0.25, -0.2) is 13.4 Å². The second kappa shape index (κ2) is 3.87. The van der Waals surface area contributed by atoms with Crippen LogP contribution in [0.15, 0.2) is 16.5 Å². The van der Waals surface area contributed by atoms with Crippen molar-refractivity contribution in [2.75, 3.05) is 7.11 Å². The van der Waals surface area contributed by atoms with Crippen LogP contribution in [0.5, 0.6) is 5.75 Å². The molecule has 0 amide bonds. The first-order valence-electron chi connectivity index (χ1n) is 4.30. The van der Waals surface area contributed by atoms with Crippen LogP contribution in [0.1, 0.15) is 5.56 Å². The number of methoxy groups -OCH3 is 1. The van der Waals surface area contributed by atoms with Crippen molar-refractivity contribution in [2.45, 2.75) is 11.8 Å². The molecule has 1 aromatic carbocycles. The van der Waals surface area contributed by atoms with Gasteiger partial charge in [-0.1, -0.05) is 0 Å². The number of halogens is 1. The summed E-state index contributed by atoms with van der Waals surface area (Å²) in [4.78, 5) is 4.10. The van der Waals surface area contributed by atoms with Crippen LogP contribution in [0.2, 0.25) is 0 Å². The predicted molar refractivity (Wildman–Crippen MR) is 63.9 cm³/mol. The van der Waals surface area contributed by atoms with Gasteiger partial charge < -0.3 is 4.74 Å². The predicted octanol–water partition coefficient (Wildman–Crippen LogP) is 2.54. The van der Waals surface area contributed by atoms with Crippen molar-refractivity contribution < 1.29 is 13.2 Å². The molecule has 0 fully saturated rings. The number of hydrogen-bond acceptors (Lipinski definition) is 5. The summed E-state index contributed by atoms with van der Waals surface area (Å²) >= 11 is 1.42. The maximum Gasteiger partial charge on any atom is 0.265 e. The van der Waals surface area contributed by atoms with Gasteiger partial charge in [0.1, 0.15) is 10.6 Å². The summed E-state index contributed by atoms with van der Waals surface area (Å²) in [5.74, 6) is 0.254. The fourth-order valence-electron chi connectivity index (χ4n) is 1.57. The summed E-state index contributed by atoms with van der Waals surface area (Å²) < 4.78 is 28.8. The number of aryl methyl sites for hydroxylation is 1. The molecule has 86 valence electrons. The number of rotatable bonds is 2. The summed E-state index contributed by atoms with van der Waals surface area (Å²) in [5.41, 5.74) is 2.82. The molecule has 0 saturated carbocycles. The van der Waals surface area contributed by atoms with Crippen LogP contribution in [0.4, 0.5) is 0 Å². The van der Waals surface area contributed by atoms with Crippen molar-refractivity contribution >= 4 is 41.3 Å². The molecule has 0 spiro atoms. The molecule has 0 aliphatic rings. The zero-order valence-corrected chi connectivity index (χ0v) is 10.9. The number of fused-ring (bicyclic) bond motifs is 1. The maximum absolute atomic E-state index is 11.5. The quantitative estimate of drug-likeness (QED) is 0.792. The highest BCUT2D eigenvalue weighted by Gasteiger charge is 2.22. The Morgan fingerprint density at radius 3 is 2.75 bits per heavy atom. The third-order valence-electron chi connectivity index (χ3n) is 2.24. The van der Waals surface area contributed by atoms with Gasteiger partial charge in [0.05, 0.1) is 22.8 Å². The van der Waals surface area contributed by atoms with Gasteiger partial charge in [-0.05, 0) is 12.5 Å². The molecule has 0 aliphatic carbocycles. The van der Waals surface area contributed by atoms with E-state index in [0.717, 1.165) is 4.70 Å². The van der Waals surface area contributed by atoms with Crippen LogP contribution in [0.3, 0.4) is 0 Å². The summed E-state index contributed by atoms with van der Waals surface area (Å²) in [7, 11) is 2.96. The molecule has 2 rings (SSSR count). The Morgan fingerprint density at radius 2 is 2.19 bits per heavy atom. The van der Waals surface area contributed by atoms with Crippen LogP contribution in [-0.4, -0.2) is 20.5 Å². The van der Waals surface area contributed by atoms with Gasteiger partial charge in [-0.2, -0.15) is 0 Å². The van der Waals surface area contributed by atoms with E-state index in [-0.39, 0.29) is 10.6 Å². The van der Waals surface area contributed by atoms with Crippen molar-refractivity contribution in [3.8, 4) is 5.75 Å². The maximum atomic E-state index is 11.5. The van der Waals surface area contributed by atoms with Crippen LogP contribution in [-0.2, 0) is 9.05 Å². The van der Waals surface area contributed by atoms with Gasteiger partial charge in [0.2, 0.25) is 0 Å². The summed E-state index contributed by atoms with van der Waals surface area (Å²) in [6.45, 7) is 1.67. The van der Waals surface area contributed by atoms with E-state index in [1.165, 1.54) is 18.4 Å². The van der Waals surface area contributed by atoms with E-state index in [4.69, 9.17) is 15.4 Å². The molecule has 0 unspecified atom stereocenters. The Morgan fingerprint density at radius 1 is 1.50 bits per heavy atom. The number of hydrogen-bond donors (Lipinski definition) is 0. The average molecular weight is 278 g/mol. The summed E-state index contributed by atoms with van der Waals surface area (Å²) in [5, 5.41) is 0. The Balaban J connectivity index is 2.94. The van der Waals surface area contributed by atoms with Crippen LogP contribution >= 0.6 is 22.0 Å². The third-order valence-corrected chi connectivity index (χ3v) is 4.47. The van der Waals surface area contributed by atoms with E-state index in [0.29, 0.717) is 11.1 Å². The first-order chi connectivity index (χ1) is 7.45. The minimum absolute atomic E-state index is 0.00457. The van der Waals surface area contributed by atoms with Crippen molar-refractivity contribution in [3.63, 3.8) is 0 Å². The number of thiazole rings is 1. The van der Waals surface area contributed by atoms with E-state index in [2.05, 4.69) is 4.98 Å². The van der Waals surface area contributed by atoms with Crippen LogP contribution in [0, 0.1) is 6.92 Å². The molecule has 0 radical (unpaired) electrons. The highest BCUT2D eigenvalue weighted by atomic mass is 35.7. The fraction of sp³-hybridized carbons (Fsp3) is 0.222. The van der Waals surface area contributed by atoms with Gasteiger partial charge >= 0.3 is 0 Å². The monoisotopic (exact) mass is 277 g/mol. The number of ether oxygens (including phenoxy) is 1. The zero-order chi connectivity index (χ0) is 11.9. The molecular formula is C9H8ClNO3S2. The van der Waals surface area contributed by atoms with Gasteiger partial charge in [-0.15, -0.1) is 11.3 Å². The summed E-state index contributed by atoms with van der Waals surface area (Å²) in [6, 6.07) is 1.63. The fourth-order valence-corrected chi connectivity index (χ4v) is 3.76. The van der Waals surface area contributed by atoms with E-state index >= 15 is 0 Å². The molecule has 7 heteroatoms. The third kappa shape index (κ3) is 1.77. The Hall–Kier alpha value is -0.850. The molecular weight excluding hydrogens is 270 g/mol. The van der Waals surface area contributed by atoms with E-state index in [9.17, 15) is 8.42 Å². The molecule has 0 bridgehead atoms. The second-order valence-corrected chi connectivity index (χ2v) is 6.56. The lowest BCUT2D eigenvalue weighted by Crippen LogP contribution is -1.99. The van der Waals surface area contributed by atoms with Crippen molar-refractivity contribution in [1.29, 1.82) is 0 Å². The lowest BCUT2D eigenvalue weighted by molar-refractivity contribution is 0.403. The Labute approximate surface area is 101 Å². The standard InChI is InChI=1S/C9H8ClNO3S2/c1-5-8-7(15-4-11-8)3-6(14-2)9(5)16(10,12)13/h3-4H,1-2H3. The highest BCUT2D eigenvalue weighted by Crippen LogP contribution is 2.36. The Kier molecular flexibility index (Phi) is 2.81. The summed E-state index contributed by atoms with van der Waals surface area (Å²) in [6.07, 6.45) is 0. The highest BCUT2D eigenvalue weighted by molar-refractivity contribution is 8.13. The molecule has 1 aromatic heterocycles. The zero-order valence-electron chi connectivity index (χ0n) is 8.52. The number of aromatic nitrogens is 1. The van der Waals surface area contributed by atoms with Crippen molar-refractivity contribution in [2.24, 2.45) is 0 Å². The minimum atomic E-state index is -3.83. The van der Waals surface area contributed by atoms with Crippen molar-refractivity contribution in [3.05, 3.63) is 17.1 Å². The molecule has 0 atom stereocenters. The SMILES string of the molecule is COc1cc2scnc2c(C)c1S(=O)(=O)Cl. The molecule has 0 N–H and O–H groups in total. The van der Waals surface area contributed by atoms with Gasteiger partial charge in [0, 0.05) is 16.7 Å². The normalized spacial score (nSPS) is 11.9. The molecule has 0 aliphatic heterocycles. The van der Waals surface area contributed by atoms with Gasteiger partial charge in [-0.3, -0.25) is 0 Å². The first kappa shape index (κ1) is 11.6. The van der Waals surface area contributed by atoms with Gasteiger partial charge in [0.25, 0.3) is 9.05 Å². The minimum Gasteiger partial charge on any atom is -0.495 e. The molecule has 4 nitrogen and oxygen atoms in total. The topological polar surface area (TPSA) is 56.3 Å². The van der Waals surface area contributed by atoms with Crippen LogP contribution in [0.25, 0.3) is 10.2 Å². The Bertz CT molecular complexity index is 648. The smallest absolute Gasteiger partial charge is 0.265 e. The van der Waals surface area contributed by atoms with E-state index < -0.39 is 9.05 Å². The number of benzene rings is 1. The number of nitrogens with zero attached hydrogens (tertiary/aromatic N) is 1. The first-order valence-corrected chi connectivity index (χ1v) is 7.49. The van der Waals surface area contributed by atoms with Gasteiger partial charge in [0.15, 0.2) is 0 Å². The molecule has 16 heavy (non-hydrogen) atoms. The van der Waals surface area contributed by atoms with E-state index in [1.807, 2.05) is 0 Å². The molecule has 2 aromatic rings. The van der Waals surface area contributed by atoms with Crippen molar-refractivity contribution in [1.82, 2.24) is 4.98 Å². The lowest BCUT2D eigenvalue weighted by Gasteiger charge is -2.08. The lowest BCUT2D eigenvalue weighted by atomic mass is 10.2. The second-order valence-electron chi connectivity index (χ2n) is 3.17. The average Bonchev–Trinajstić information content (AvgIpc) is 2.63. The largest absolute Gasteiger partial charge is 0.495 e. The van der Waals surface area contributed by atoms with E-state index in [1.54, 1.807) is 18.5 Å². The molecule has 1 heterocycles. The van der Waals surface area contributed by atoms with Crippen LogP contribution < -0.4 is 4.74 Å².